The van der Waals surface area contributed by atoms with Crippen molar-refractivity contribution in [3.63, 3.8) is 0 Å². The Morgan fingerprint density at radius 3 is 1.53 bits per heavy atom. The molecule has 4 aliphatic heterocycles. The van der Waals surface area contributed by atoms with E-state index in [1.807, 2.05) is 171 Å². The highest BCUT2D eigenvalue weighted by Crippen LogP contribution is 2.45. The van der Waals surface area contributed by atoms with E-state index in [4.69, 9.17) is 61.6 Å². The van der Waals surface area contributed by atoms with Crippen LogP contribution in [0.3, 0.4) is 0 Å². The summed E-state index contributed by atoms with van der Waals surface area (Å²) in [5.74, 6) is -4.64. The van der Waals surface area contributed by atoms with Crippen molar-refractivity contribution in [1.82, 2.24) is 4.90 Å². The first-order valence-electron chi connectivity index (χ1n) is 32.0. The molecule has 20 nitrogen and oxygen atoms in total. The lowest BCUT2D eigenvalue weighted by molar-refractivity contribution is -0.368. The van der Waals surface area contributed by atoms with Crippen LogP contribution in [0.4, 0.5) is 0 Å². The SMILES string of the molecule is CC(=O)O[C@H]1[C@@H](OC(C)=O)[C@@H](COC(=O)C(C)(C)C)O[C@@H](O[C@H]2[C@H](O[C@@H]3O[C@@H](C)[C@@H](OCc4ccccc4)[C@@H](OCc4ccccc4)[C@@H]3OCc3ccccc3)[C@@H](N3C(=O)c4ccccc4C3=O)[C@H](Sc3ccccc3)O[C@@H]2COCc2cccc3ccccc23)[C@@H]1OC(C)=O. The minimum Gasteiger partial charge on any atom is -0.462 e. The lowest BCUT2D eigenvalue weighted by atomic mass is 9.93. The maximum absolute atomic E-state index is 15.5. The van der Waals surface area contributed by atoms with E-state index in [2.05, 4.69) is 0 Å². The molecule has 7 aromatic rings. The smallest absolute Gasteiger partial charge is 0.311 e. The highest BCUT2D eigenvalue weighted by Gasteiger charge is 2.61. The maximum Gasteiger partial charge on any atom is 0.311 e. The maximum atomic E-state index is 15.5. The zero-order valence-electron chi connectivity index (χ0n) is 54.4. The number of amides is 2. The monoisotopic (exact) mass is 1330 g/mol. The Labute approximate surface area is 561 Å². The van der Waals surface area contributed by atoms with Gasteiger partial charge in [-0.1, -0.05) is 176 Å². The molecular weight excluding hydrogens is 1250 g/mol. The summed E-state index contributed by atoms with van der Waals surface area (Å²) in [7, 11) is 0. The number of thioether (sulfide) groups is 1. The number of rotatable bonds is 25. The van der Waals surface area contributed by atoms with Gasteiger partial charge in [0, 0.05) is 25.7 Å². The molecule has 0 radical (unpaired) electrons. The fraction of sp³-hybridized carbons (Fsp3) is 0.387. The number of esters is 4. The molecule has 3 fully saturated rings. The zero-order valence-corrected chi connectivity index (χ0v) is 55.2. The van der Waals surface area contributed by atoms with Crippen LogP contribution in [0, 0.1) is 5.41 Å². The fourth-order valence-corrected chi connectivity index (χ4v) is 13.5. The predicted octanol–water partition coefficient (Wildman–Crippen LogP) is 10.9. The van der Waals surface area contributed by atoms with Gasteiger partial charge in [-0.15, -0.1) is 0 Å². The molecule has 7 aromatic carbocycles. The Kier molecular flexibility index (Phi) is 22.9. The number of carbonyl (C=O) groups excluding carboxylic acids is 6. The molecule has 0 spiro atoms. The standard InChI is InChI=1S/C75H79NO19S/c1-45-61(84-39-49-25-12-8-13-26-49)65(85-40-50-27-14-9-15-28-50)67(86-41-51-29-16-10-17-30-51)71(88-45)95-64-60(76-69(80)56-37-22-23-38-57(56)70(76)81)73(96-54-34-18-11-19-35-54)93-58(43-83-42-53-33-24-32-52-31-20-21-36-55(52)53)62(64)94-72-68(91-48(4)79)66(90-47(3)78)63(89-46(2)77)59(92-72)44-87-74(82)75(5,6)7/h8-38,45,58-68,71-73H,39-44H2,1-7H3/t45-,58+,59+,60+,61+,62+,63-,64+,65+,66-,67-,68+,71-,72-,73-/m0/s1. The fourth-order valence-electron chi connectivity index (χ4n) is 12.3. The van der Waals surface area contributed by atoms with Crippen molar-refractivity contribution in [1.29, 1.82) is 0 Å². The Morgan fingerprint density at radius 2 is 0.948 bits per heavy atom. The highest BCUT2D eigenvalue weighted by atomic mass is 32.2. The summed E-state index contributed by atoms with van der Waals surface area (Å²) < 4.78 is 88.1. The van der Waals surface area contributed by atoms with Crippen LogP contribution in [0.1, 0.15) is 91.4 Å². The number of hydrogen-bond donors (Lipinski definition) is 0. The molecule has 0 unspecified atom stereocenters. The molecular formula is C75H79NO19S. The summed E-state index contributed by atoms with van der Waals surface area (Å²) in [5, 5.41) is 1.90. The molecule has 0 aliphatic carbocycles. The summed E-state index contributed by atoms with van der Waals surface area (Å²) in [5.41, 5.74) is 1.33. The molecule has 4 heterocycles. The van der Waals surface area contributed by atoms with Crippen molar-refractivity contribution >= 4 is 58.2 Å². The van der Waals surface area contributed by atoms with Gasteiger partial charge >= 0.3 is 23.9 Å². The van der Waals surface area contributed by atoms with Gasteiger partial charge in [0.1, 0.15) is 60.8 Å². The highest BCUT2D eigenvalue weighted by molar-refractivity contribution is 7.99. The summed E-state index contributed by atoms with van der Waals surface area (Å²) >= 11 is 1.21. The van der Waals surface area contributed by atoms with Gasteiger partial charge in [-0.3, -0.25) is 33.7 Å². The van der Waals surface area contributed by atoms with Crippen molar-refractivity contribution in [2.45, 2.75) is 171 Å². The Hall–Kier alpha value is -8.19. The molecule has 2 amide bonds. The van der Waals surface area contributed by atoms with Gasteiger partial charge in [0.05, 0.1) is 55.7 Å². The van der Waals surface area contributed by atoms with Crippen molar-refractivity contribution in [3.8, 4) is 0 Å². The molecule has 3 saturated heterocycles. The first kappa shape index (κ1) is 69.2. The van der Waals surface area contributed by atoms with E-state index in [1.165, 1.54) is 11.8 Å². The van der Waals surface area contributed by atoms with E-state index in [9.17, 15) is 19.2 Å². The minimum absolute atomic E-state index is 0.00849. The second-order valence-corrected chi connectivity index (χ2v) is 26.1. The molecule has 0 aromatic heterocycles. The molecule has 11 rings (SSSR count). The van der Waals surface area contributed by atoms with E-state index >= 15 is 9.59 Å². The predicted molar refractivity (Wildman–Crippen MR) is 350 cm³/mol. The van der Waals surface area contributed by atoms with Gasteiger partial charge in [0.2, 0.25) is 0 Å². The number of imide groups is 1. The van der Waals surface area contributed by atoms with Gasteiger partial charge in [-0.2, -0.15) is 0 Å². The van der Waals surface area contributed by atoms with Crippen molar-refractivity contribution < 1.29 is 90.3 Å². The molecule has 0 bridgehead atoms. The van der Waals surface area contributed by atoms with Crippen molar-refractivity contribution in [3.05, 3.63) is 221 Å². The average molecular weight is 1330 g/mol. The molecule has 15 atom stereocenters. The quantitative estimate of drug-likeness (QED) is 0.0294. The lowest BCUT2D eigenvalue weighted by Crippen LogP contribution is -2.70. The molecule has 4 aliphatic rings. The third-order valence-electron chi connectivity index (χ3n) is 16.8. The second-order valence-electron chi connectivity index (χ2n) is 25.0. The van der Waals surface area contributed by atoms with Crippen LogP contribution in [0.5, 0.6) is 0 Å². The third-order valence-corrected chi connectivity index (χ3v) is 18.0. The summed E-state index contributed by atoms with van der Waals surface area (Å²) in [6, 6.07) is 56.8. The van der Waals surface area contributed by atoms with Crippen LogP contribution < -0.4 is 0 Å². The first-order valence-corrected chi connectivity index (χ1v) is 32.9. The Balaban J connectivity index is 1.10. The molecule has 0 saturated carbocycles. The van der Waals surface area contributed by atoms with Gasteiger partial charge in [-0.05, 0) is 85.0 Å². The molecule has 21 heteroatoms. The van der Waals surface area contributed by atoms with E-state index < -0.39 is 139 Å². The number of nitrogens with zero attached hydrogens (tertiary/aromatic N) is 1. The normalized spacial score (nSPS) is 26.6. The van der Waals surface area contributed by atoms with E-state index in [0.717, 1.165) is 58.7 Å². The van der Waals surface area contributed by atoms with Crippen molar-refractivity contribution in [2.75, 3.05) is 13.2 Å². The summed E-state index contributed by atoms with van der Waals surface area (Å²) in [4.78, 5) is 86.6. The van der Waals surface area contributed by atoms with Crippen LogP contribution in [0.2, 0.25) is 0 Å². The molecule has 504 valence electrons. The van der Waals surface area contributed by atoms with E-state index in [1.54, 1.807) is 45.0 Å². The Morgan fingerprint density at radius 1 is 0.469 bits per heavy atom. The average Bonchev–Trinajstić information content (AvgIpc) is 0.818. The minimum atomic E-state index is -1.88. The largest absolute Gasteiger partial charge is 0.462 e. The number of carbonyl (C=O) groups is 6. The number of hydrogen-bond acceptors (Lipinski definition) is 20. The molecule has 0 N–H and O–H groups in total. The summed E-state index contributed by atoms with van der Waals surface area (Å²) in [6.45, 7) is 9.54. The Bertz CT molecular complexity index is 3740. The zero-order chi connectivity index (χ0) is 67.5. The number of ether oxygens (including phenoxy) is 13. The van der Waals surface area contributed by atoms with Gasteiger partial charge in [0.15, 0.2) is 30.9 Å². The topological polar surface area (TPSA) is 226 Å². The number of fused-ring (bicyclic) bond motifs is 2. The van der Waals surface area contributed by atoms with Crippen LogP contribution in [-0.2, 0) is 107 Å². The number of benzene rings is 7. The molecule has 96 heavy (non-hydrogen) atoms. The van der Waals surface area contributed by atoms with E-state index in [0.29, 0.717) is 4.90 Å². The van der Waals surface area contributed by atoms with Crippen LogP contribution in [0.15, 0.2) is 193 Å². The first-order chi connectivity index (χ1) is 46.4. The van der Waals surface area contributed by atoms with Crippen LogP contribution in [0.25, 0.3) is 10.8 Å². The van der Waals surface area contributed by atoms with E-state index in [-0.39, 0.29) is 44.2 Å². The van der Waals surface area contributed by atoms with Gasteiger partial charge < -0.3 is 61.6 Å². The van der Waals surface area contributed by atoms with Crippen LogP contribution in [-0.4, -0.2) is 145 Å². The van der Waals surface area contributed by atoms with Gasteiger partial charge in [-0.25, -0.2) is 0 Å². The van der Waals surface area contributed by atoms with Crippen molar-refractivity contribution in [2.24, 2.45) is 5.41 Å². The van der Waals surface area contributed by atoms with Gasteiger partial charge in [0.25, 0.3) is 11.8 Å². The van der Waals surface area contributed by atoms with Crippen LogP contribution >= 0.6 is 11.8 Å². The third kappa shape index (κ3) is 16.8. The summed E-state index contributed by atoms with van der Waals surface area (Å²) in [6.07, 6.45) is -18.3. The lowest BCUT2D eigenvalue weighted by Gasteiger charge is -2.52. The second kappa shape index (κ2) is 31.8.